The number of benzene rings is 2. The summed E-state index contributed by atoms with van der Waals surface area (Å²) in [5.74, 6) is -2.44. The number of aliphatic hydroxyl groups excluding tert-OH is 1. The second kappa shape index (κ2) is 15.6. The van der Waals surface area contributed by atoms with E-state index >= 15 is 8.78 Å². The van der Waals surface area contributed by atoms with E-state index in [-0.39, 0.29) is 48.9 Å². The predicted molar refractivity (Wildman–Crippen MR) is 184 cm³/mol. The third kappa shape index (κ3) is 7.84. The number of hydrogen-bond donors (Lipinski definition) is 3. The molecule has 4 heterocycles. The Kier molecular flexibility index (Phi) is 11.0. The molecule has 0 saturated carbocycles. The van der Waals surface area contributed by atoms with Gasteiger partial charge in [-0.3, -0.25) is 4.98 Å². The van der Waals surface area contributed by atoms with Crippen LogP contribution in [-0.4, -0.2) is 80.8 Å². The van der Waals surface area contributed by atoms with Crippen LogP contribution in [0.5, 0.6) is 11.5 Å². The molecule has 2 atom stereocenters. The van der Waals surface area contributed by atoms with Gasteiger partial charge in [0.25, 0.3) is 6.43 Å². The summed E-state index contributed by atoms with van der Waals surface area (Å²) < 4.78 is 80.9. The minimum absolute atomic E-state index is 0.00514. The first-order valence-corrected chi connectivity index (χ1v) is 16.4. The number of alkyl halides is 2. The lowest BCUT2D eigenvalue weighted by atomic mass is 9.84. The zero-order valence-corrected chi connectivity index (χ0v) is 28.8. The Morgan fingerprint density at radius 3 is 2.66 bits per heavy atom. The van der Waals surface area contributed by atoms with Gasteiger partial charge in [0.05, 0.1) is 37.4 Å². The lowest BCUT2D eigenvalue weighted by Gasteiger charge is -2.44. The number of aromatic nitrogens is 5. The fourth-order valence-electron chi connectivity index (χ4n) is 6.11. The first-order valence-electron chi connectivity index (χ1n) is 16.0. The van der Waals surface area contributed by atoms with Gasteiger partial charge in [-0.1, -0.05) is 29.8 Å². The smallest absolute Gasteiger partial charge is 0.494 e. The highest BCUT2D eigenvalue weighted by molar-refractivity contribution is 6.31. The number of nitrogens with two attached hydrogens (primary N) is 2. The molecular formula is C34H33ClF4N8O6. The molecule has 3 aromatic heterocycles. The van der Waals surface area contributed by atoms with Crippen LogP contribution in [0.1, 0.15) is 24.0 Å². The highest BCUT2D eigenvalue weighted by Gasteiger charge is 2.43. The maximum absolute atomic E-state index is 15.8. The molecular weight excluding hydrogens is 728 g/mol. The monoisotopic (exact) mass is 760 g/mol. The number of carbonyl (C=O) groups excluding carboxylic acids is 1. The van der Waals surface area contributed by atoms with Crippen LogP contribution in [-0.2, 0) is 22.6 Å². The molecule has 0 radical (unpaired) electrons. The Morgan fingerprint density at radius 1 is 1.11 bits per heavy atom. The van der Waals surface area contributed by atoms with E-state index < -0.39 is 48.4 Å². The molecule has 0 amide bonds. The van der Waals surface area contributed by atoms with Crippen molar-refractivity contribution >= 4 is 40.4 Å². The van der Waals surface area contributed by atoms with Crippen LogP contribution in [0.4, 0.5) is 33.9 Å². The van der Waals surface area contributed by atoms with E-state index in [9.17, 15) is 18.7 Å². The van der Waals surface area contributed by atoms with Crippen LogP contribution in [0.15, 0.2) is 55.2 Å². The molecule has 0 aliphatic carbocycles. The normalized spacial score (nSPS) is 16.5. The predicted octanol–water partition coefficient (Wildman–Crippen LogP) is 5.07. The number of fused-ring (bicyclic) bond motifs is 1. The molecule has 5 N–H and O–H groups in total. The van der Waals surface area contributed by atoms with Gasteiger partial charge in [-0.15, -0.1) is 0 Å². The molecule has 1 aliphatic rings. The van der Waals surface area contributed by atoms with Crippen molar-refractivity contribution in [1.29, 1.82) is 0 Å². The van der Waals surface area contributed by atoms with Crippen molar-refractivity contribution in [3.05, 3.63) is 83.0 Å². The molecule has 6 rings (SSSR count). The minimum Gasteiger partial charge on any atom is -0.494 e. The maximum atomic E-state index is 15.8. The lowest BCUT2D eigenvalue weighted by Crippen LogP contribution is -2.63. The molecule has 0 unspecified atom stereocenters. The van der Waals surface area contributed by atoms with Crippen LogP contribution >= 0.6 is 11.6 Å². The highest BCUT2D eigenvalue weighted by Crippen LogP contribution is 2.41. The summed E-state index contributed by atoms with van der Waals surface area (Å²) >= 11 is 6.04. The minimum atomic E-state index is -3.08. The van der Waals surface area contributed by atoms with Gasteiger partial charge in [0.1, 0.15) is 36.1 Å². The zero-order valence-electron chi connectivity index (χ0n) is 28.0. The van der Waals surface area contributed by atoms with Gasteiger partial charge in [-0.2, -0.15) is 0 Å². The van der Waals surface area contributed by atoms with Crippen molar-refractivity contribution in [2.45, 2.75) is 44.1 Å². The summed E-state index contributed by atoms with van der Waals surface area (Å²) in [6, 6.07) is 8.27. The highest BCUT2D eigenvalue weighted by atomic mass is 35.5. The SMILES string of the molecule is COc1c(-c2cc(F)c(OCOC(=O)OCc3ccccc3Cl)cc2F)ncc(N2CCC[C@](N)([C@H](O)C(F)F)C2)c1Cn1cnc2c(N)ncnc21. The number of rotatable bonds is 12. The summed E-state index contributed by atoms with van der Waals surface area (Å²) in [5.41, 5.74) is 12.1. The van der Waals surface area contributed by atoms with E-state index in [1.54, 1.807) is 33.7 Å². The van der Waals surface area contributed by atoms with Gasteiger partial charge in [-0.05, 0) is 25.0 Å². The summed E-state index contributed by atoms with van der Waals surface area (Å²) in [5, 5.41) is 10.7. The second-order valence-electron chi connectivity index (χ2n) is 12.1. The Hall–Kier alpha value is -5.46. The largest absolute Gasteiger partial charge is 0.511 e. The summed E-state index contributed by atoms with van der Waals surface area (Å²) in [7, 11) is 1.30. The number of carbonyl (C=O) groups is 1. The van der Waals surface area contributed by atoms with Crippen molar-refractivity contribution in [2.75, 3.05) is 37.6 Å². The number of pyridine rings is 1. The van der Waals surface area contributed by atoms with Gasteiger partial charge < -0.3 is 45.0 Å². The summed E-state index contributed by atoms with van der Waals surface area (Å²) in [6.45, 7) is -0.866. The number of halogens is 5. The molecule has 53 heavy (non-hydrogen) atoms. The number of imidazole rings is 1. The molecule has 14 nitrogen and oxygen atoms in total. The number of aliphatic hydroxyl groups is 1. The van der Waals surface area contributed by atoms with Gasteiger partial charge in [0, 0.05) is 40.9 Å². The third-order valence-corrected chi connectivity index (χ3v) is 9.14. The standard InChI is InChI=1S/C34H33ClF4N8O6/c1-50-28-20(12-47-16-45-27-31(40)43-15-44-32(27)47)24(46-8-4-7-34(41,14-46)29(48)30(38)39)11-42-26(28)19-9-23(37)25(10-22(19)36)52-17-53-33(49)51-13-18-5-2-3-6-21(18)35/h2-3,5-6,9-11,15-16,29-30,48H,4,7-8,12-14,17,41H2,1H3,(H2,40,43,44)/t29-,34-/m1/s1. The number of nitrogen functional groups attached to an aromatic ring is 1. The van der Waals surface area contributed by atoms with E-state index in [2.05, 4.69) is 19.9 Å². The van der Waals surface area contributed by atoms with Crippen LogP contribution < -0.4 is 25.8 Å². The number of piperidine rings is 1. The number of methoxy groups -OCH3 is 1. The molecule has 280 valence electrons. The van der Waals surface area contributed by atoms with Gasteiger partial charge in [0.2, 0.25) is 6.79 Å². The Balaban J connectivity index is 1.30. The molecule has 1 fully saturated rings. The number of anilines is 2. The van der Waals surface area contributed by atoms with Crippen molar-refractivity contribution in [2.24, 2.45) is 5.73 Å². The fourth-order valence-corrected chi connectivity index (χ4v) is 6.30. The topological polar surface area (TPSA) is 186 Å². The van der Waals surface area contributed by atoms with Crippen molar-refractivity contribution in [1.82, 2.24) is 24.5 Å². The number of hydrogen-bond acceptors (Lipinski definition) is 13. The van der Waals surface area contributed by atoms with Crippen molar-refractivity contribution < 1.29 is 46.4 Å². The number of nitrogens with zero attached hydrogens (tertiary/aromatic N) is 6. The molecule has 1 saturated heterocycles. The van der Waals surface area contributed by atoms with Gasteiger partial charge in [-0.25, -0.2) is 37.3 Å². The first kappa shape index (κ1) is 37.3. The second-order valence-corrected chi connectivity index (χ2v) is 12.6. The molecule has 1 aliphatic heterocycles. The zero-order chi connectivity index (χ0) is 37.9. The number of ether oxygens (including phenoxy) is 4. The molecule has 0 spiro atoms. The van der Waals surface area contributed by atoms with Crippen molar-refractivity contribution in [3.8, 4) is 22.8 Å². The summed E-state index contributed by atoms with van der Waals surface area (Å²) in [6.07, 6.45) is -1.78. The quantitative estimate of drug-likeness (QED) is 0.0870. The van der Waals surface area contributed by atoms with Crippen LogP contribution in [0, 0.1) is 11.6 Å². The Morgan fingerprint density at radius 2 is 1.91 bits per heavy atom. The van der Waals surface area contributed by atoms with Gasteiger partial charge >= 0.3 is 6.16 Å². The van der Waals surface area contributed by atoms with E-state index in [1.807, 2.05) is 0 Å². The van der Waals surface area contributed by atoms with Crippen LogP contribution in [0.25, 0.3) is 22.4 Å². The Bertz CT molecular complexity index is 2130. The molecule has 5 aromatic rings. The van der Waals surface area contributed by atoms with Crippen LogP contribution in [0.2, 0.25) is 5.02 Å². The lowest BCUT2D eigenvalue weighted by molar-refractivity contribution is -0.0529. The first-order chi connectivity index (χ1) is 25.4. The van der Waals surface area contributed by atoms with Crippen molar-refractivity contribution in [3.63, 3.8) is 0 Å². The fraction of sp³-hybridized carbons (Fsp3) is 0.324. The average Bonchev–Trinajstić information content (AvgIpc) is 3.55. The van der Waals surface area contributed by atoms with E-state index in [4.69, 9.17) is 42.0 Å². The molecule has 19 heteroatoms. The maximum Gasteiger partial charge on any atom is 0.511 e. The Labute approximate surface area is 304 Å². The van der Waals surface area contributed by atoms with Crippen LogP contribution in [0.3, 0.4) is 0 Å². The third-order valence-electron chi connectivity index (χ3n) is 8.77. The summed E-state index contributed by atoms with van der Waals surface area (Å²) in [4.78, 5) is 30.7. The molecule has 2 aromatic carbocycles. The van der Waals surface area contributed by atoms with Gasteiger partial charge in [0.15, 0.2) is 28.8 Å². The van der Waals surface area contributed by atoms with E-state index in [0.717, 1.165) is 12.1 Å². The van der Waals surface area contributed by atoms with E-state index in [0.29, 0.717) is 46.0 Å². The average molecular weight is 761 g/mol. The van der Waals surface area contributed by atoms with E-state index in [1.165, 1.54) is 26.0 Å². The molecule has 0 bridgehead atoms.